The molecular formula is C12H14FN3O. The lowest BCUT2D eigenvalue weighted by Crippen LogP contribution is -2.27. The summed E-state index contributed by atoms with van der Waals surface area (Å²) in [5.74, 6) is -0.208. The molecule has 0 radical (unpaired) electrons. The third-order valence-electron chi connectivity index (χ3n) is 2.32. The molecule has 0 aliphatic heterocycles. The number of hydrogen-bond acceptors (Lipinski definition) is 2. The molecule has 2 rings (SSSR count). The van der Waals surface area contributed by atoms with Crippen LogP contribution in [0.25, 0.3) is 5.65 Å². The van der Waals surface area contributed by atoms with Crippen LogP contribution in [-0.4, -0.2) is 21.8 Å². The van der Waals surface area contributed by atoms with Crippen LogP contribution >= 0.6 is 0 Å². The van der Waals surface area contributed by atoms with Crippen LogP contribution in [0.3, 0.4) is 0 Å². The molecular weight excluding hydrogens is 221 g/mol. The van der Waals surface area contributed by atoms with E-state index in [0.29, 0.717) is 23.8 Å². The highest BCUT2D eigenvalue weighted by Gasteiger charge is 2.10. The predicted molar refractivity (Wildman–Crippen MR) is 62.3 cm³/mol. The molecule has 5 heteroatoms. The molecule has 0 aromatic carbocycles. The number of rotatable bonds is 3. The SMILES string of the molecule is CC(C)CNC(=O)c1cn2cc(F)ccc2n1. The second-order valence-corrected chi connectivity index (χ2v) is 4.34. The van der Waals surface area contributed by atoms with Crippen LogP contribution in [0.15, 0.2) is 24.5 Å². The summed E-state index contributed by atoms with van der Waals surface area (Å²) in [5.41, 5.74) is 0.859. The number of fused-ring (bicyclic) bond motifs is 1. The van der Waals surface area contributed by atoms with Crippen molar-refractivity contribution in [2.24, 2.45) is 5.92 Å². The summed E-state index contributed by atoms with van der Waals surface area (Å²) >= 11 is 0. The molecule has 1 N–H and O–H groups in total. The number of imidazole rings is 1. The average molecular weight is 235 g/mol. The van der Waals surface area contributed by atoms with E-state index in [1.807, 2.05) is 13.8 Å². The van der Waals surface area contributed by atoms with Gasteiger partial charge in [-0.05, 0) is 18.1 Å². The molecule has 2 aromatic rings. The van der Waals surface area contributed by atoms with Gasteiger partial charge in [-0.3, -0.25) is 4.79 Å². The van der Waals surface area contributed by atoms with E-state index in [-0.39, 0.29) is 11.7 Å². The lowest BCUT2D eigenvalue weighted by Gasteiger charge is -2.04. The van der Waals surface area contributed by atoms with Crippen molar-refractivity contribution in [1.82, 2.24) is 14.7 Å². The number of hydrogen-bond donors (Lipinski definition) is 1. The van der Waals surface area contributed by atoms with Crippen LogP contribution in [0.4, 0.5) is 4.39 Å². The zero-order valence-electron chi connectivity index (χ0n) is 9.77. The number of nitrogens with zero attached hydrogens (tertiary/aromatic N) is 2. The maximum atomic E-state index is 13.0. The van der Waals surface area contributed by atoms with Gasteiger partial charge in [-0.15, -0.1) is 0 Å². The largest absolute Gasteiger partial charge is 0.350 e. The Kier molecular flexibility index (Phi) is 3.08. The molecule has 17 heavy (non-hydrogen) atoms. The van der Waals surface area contributed by atoms with E-state index in [4.69, 9.17) is 0 Å². The first-order chi connectivity index (χ1) is 8.06. The Morgan fingerprint density at radius 3 is 2.94 bits per heavy atom. The highest BCUT2D eigenvalue weighted by Crippen LogP contribution is 2.07. The third kappa shape index (κ3) is 2.61. The van der Waals surface area contributed by atoms with Crippen molar-refractivity contribution < 1.29 is 9.18 Å². The van der Waals surface area contributed by atoms with Crippen LogP contribution in [0.2, 0.25) is 0 Å². The Labute approximate surface area is 98.5 Å². The molecule has 1 amide bonds. The van der Waals surface area contributed by atoms with E-state index in [1.165, 1.54) is 28.9 Å². The molecule has 0 fully saturated rings. The average Bonchev–Trinajstić information content (AvgIpc) is 2.68. The van der Waals surface area contributed by atoms with Crippen molar-refractivity contribution in [2.45, 2.75) is 13.8 Å². The Bertz CT molecular complexity index is 548. The summed E-state index contributed by atoms with van der Waals surface area (Å²) in [6.07, 6.45) is 2.82. The van der Waals surface area contributed by atoms with Crippen LogP contribution in [0, 0.1) is 11.7 Å². The smallest absolute Gasteiger partial charge is 0.271 e. The fourth-order valence-corrected chi connectivity index (χ4v) is 1.46. The maximum Gasteiger partial charge on any atom is 0.271 e. The van der Waals surface area contributed by atoms with Gasteiger partial charge in [0.1, 0.15) is 17.2 Å². The van der Waals surface area contributed by atoms with Gasteiger partial charge in [0.15, 0.2) is 0 Å². The summed E-state index contributed by atoms with van der Waals surface area (Å²) in [6, 6.07) is 2.85. The van der Waals surface area contributed by atoms with Gasteiger partial charge in [-0.25, -0.2) is 9.37 Å². The number of carbonyl (C=O) groups excluding carboxylic acids is 1. The number of aromatic nitrogens is 2. The second kappa shape index (κ2) is 4.53. The molecule has 0 saturated heterocycles. The van der Waals surface area contributed by atoms with Crippen molar-refractivity contribution in [1.29, 1.82) is 0 Å². The summed E-state index contributed by atoms with van der Waals surface area (Å²) < 4.78 is 14.5. The first-order valence-electron chi connectivity index (χ1n) is 5.48. The van der Waals surface area contributed by atoms with E-state index in [9.17, 15) is 9.18 Å². The lowest BCUT2D eigenvalue weighted by atomic mass is 10.2. The monoisotopic (exact) mass is 235 g/mol. The molecule has 0 saturated carbocycles. The van der Waals surface area contributed by atoms with Crippen molar-refractivity contribution in [3.8, 4) is 0 Å². The topological polar surface area (TPSA) is 46.4 Å². The number of pyridine rings is 1. The molecule has 0 aliphatic rings. The van der Waals surface area contributed by atoms with Gasteiger partial charge in [0.25, 0.3) is 5.91 Å². The molecule has 0 atom stereocenters. The van der Waals surface area contributed by atoms with Crippen LogP contribution < -0.4 is 5.32 Å². The van der Waals surface area contributed by atoms with Gasteiger partial charge in [-0.1, -0.05) is 13.8 Å². The Hall–Kier alpha value is -1.91. The molecule has 2 heterocycles. The number of halogens is 1. The molecule has 90 valence electrons. The van der Waals surface area contributed by atoms with E-state index < -0.39 is 0 Å². The minimum absolute atomic E-state index is 0.234. The summed E-state index contributed by atoms with van der Waals surface area (Å²) in [6.45, 7) is 4.62. The summed E-state index contributed by atoms with van der Waals surface area (Å²) in [7, 11) is 0. The normalized spacial score (nSPS) is 11.1. The third-order valence-corrected chi connectivity index (χ3v) is 2.32. The number of nitrogens with one attached hydrogen (secondary N) is 1. The Morgan fingerprint density at radius 1 is 1.47 bits per heavy atom. The fourth-order valence-electron chi connectivity index (χ4n) is 1.46. The van der Waals surface area contributed by atoms with E-state index in [1.54, 1.807) is 0 Å². The first kappa shape index (κ1) is 11.6. The quantitative estimate of drug-likeness (QED) is 0.882. The standard InChI is InChI=1S/C12H14FN3O/c1-8(2)5-14-12(17)10-7-16-6-9(13)3-4-11(16)15-10/h3-4,6-8H,5H2,1-2H3,(H,14,17). The molecule has 4 nitrogen and oxygen atoms in total. The predicted octanol–water partition coefficient (Wildman–Crippen LogP) is 1.86. The van der Waals surface area contributed by atoms with E-state index in [2.05, 4.69) is 10.3 Å². The zero-order chi connectivity index (χ0) is 12.4. The highest BCUT2D eigenvalue weighted by molar-refractivity contribution is 5.92. The molecule has 0 unspecified atom stereocenters. The Balaban J connectivity index is 2.21. The maximum absolute atomic E-state index is 13.0. The van der Waals surface area contributed by atoms with Crippen LogP contribution in [-0.2, 0) is 0 Å². The highest BCUT2D eigenvalue weighted by atomic mass is 19.1. The second-order valence-electron chi connectivity index (χ2n) is 4.34. The van der Waals surface area contributed by atoms with Crippen molar-refractivity contribution in [3.63, 3.8) is 0 Å². The van der Waals surface area contributed by atoms with E-state index in [0.717, 1.165) is 0 Å². The first-order valence-corrected chi connectivity index (χ1v) is 5.48. The van der Waals surface area contributed by atoms with Crippen molar-refractivity contribution >= 4 is 11.6 Å². The summed E-state index contributed by atoms with van der Waals surface area (Å²) in [4.78, 5) is 15.8. The molecule has 2 aromatic heterocycles. The van der Waals surface area contributed by atoms with Gasteiger partial charge >= 0.3 is 0 Å². The van der Waals surface area contributed by atoms with Gasteiger partial charge in [0.05, 0.1) is 0 Å². The minimum atomic E-state index is -0.357. The van der Waals surface area contributed by atoms with Gasteiger partial charge in [-0.2, -0.15) is 0 Å². The Morgan fingerprint density at radius 2 is 2.24 bits per heavy atom. The number of carbonyl (C=O) groups is 1. The fraction of sp³-hybridized carbons (Fsp3) is 0.333. The summed E-state index contributed by atoms with van der Waals surface area (Å²) in [5, 5.41) is 2.77. The minimum Gasteiger partial charge on any atom is -0.350 e. The van der Waals surface area contributed by atoms with E-state index >= 15 is 0 Å². The van der Waals surface area contributed by atoms with Crippen molar-refractivity contribution in [3.05, 3.63) is 36.0 Å². The molecule has 0 bridgehead atoms. The van der Waals surface area contributed by atoms with Crippen LogP contribution in [0.1, 0.15) is 24.3 Å². The van der Waals surface area contributed by atoms with Gasteiger partial charge in [0, 0.05) is 18.9 Å². The van der Waals surface area contributed by atoms with Gasteiger partial charge < -0.3 is 9.72 Å². The van der Waals surface area contributed by atoms with Crippen molar-refractivity contribution in [2.75, 3.05) is 6.54 Å². The van der Waals surface area contributed by atoms with Gasteiger partial charge in [0.2, 0.25) is 0 Å². The zero-order valence-corrected chi connectivity index (χ0v) is 9.77. The lowest BCUT2D eigenvalue weighted by molar-refractivity contribution is 0.0944. The molecule has 0 aliphatic carbocycles. The van der Waals surface area contributed by atoms with Crippen LogP contribution in [0.5, 0.6) is 0 Å². The number of amides is 1. The molecule has 0 spiro atoms.